The van der Waals surface area contributed by atoms with Crippen molar-refractivity contribution < 1.29 is 14.4 Å². The Kier molecular flexibility index (Phi) is 4.81. The van der Waals surface area contributed by atoms with Crippen molar-refractivity contribution in [3.05, 3.63) is 35.3 Å². The number of para-hydroxylation sites is 1. The molecule has 0 spiro atoms. The number of fused-ring (bicyclic) bond motifs is 1. The lowest BCUT2D eigenvalue weighted by molar-refractivity contribution is -0.120. The van der Waals surface area contributed by atoms with E-state index in [1.165, 1.54) is 23.1 Å². The summed E-state index contributed by atoms with van der Waals surface area (Å²) in [6, 6.07) is 7.46. The van der Waals surface area contributed by atoms with Gasteiger partial charge in [0.2, 0.25) is 17.7 Å². The number of hydrogen-bond donors (Lipinski definition) is 3. The summed E-state index contributed by atoms with van der Waals surface area (Å²) in [4.78, 5) is 40.1. The SMILES string of the molecule is NC(=O)Cc1csc(NC(=O)C[C@@H]2Sc3ccccc3NC2=O)n1. The number of carbonyl (C=O) groups excluding carboxylic acids is 3. The van der Waals surface area contributed by atoms with Gasteiger partial charge in [0.25, 0.3) is 0 Å². The molecule has 7 nitrogen and oxygen atoms in total. The van der Waals surface area contributed by atoms with Crippen LogP contribution in [-0.2, 0) is 20.8 Å². The van der Waals surface area contributed by atoms with Crippen LogP contribution in [0.3, 0.4) is 0 Å². The van der Waals surface area contributed by atoms with Crippen LogP contribution < -0.4 is 16.4 Å². The number of rotatable bonds is 5. The van der Waals surface area contributed by atoms with Crippen LogP contribution in [0.2, 0.25) is 0 Å². The Morgan fingerprint density at radius 2 is 2.12 bits per heavy atom. The predicted molar refractivity (Wildman–Crippen MR) is 93.0 cm³/mol. The second-order valence-corrected chi connectivity index (χ2v) is 7.23. The third-order valence-electron chi connectivity index (χ3n) is 3.23. The Hall–Kier alpha value is -2.39. The molecule has 2 heterocycles. The number of anilines is 2. The standard InChI is InChI=1S/C15H14N4O3S2/c16-12(20)5-8-7-23-15(17-8)19-13(21)6-11-14(22)18-9-3-1-2-4-10(9)24-11/h1-4,7,11H,5-6H2,(H2,16,20)(H,18,22)(H,17,19,21)/t11-/m0/s1. The molecule has 1 atom stereocenters. The number of thioether (sulfide) groups is 1. The maximum Gasteiger partial charge on any atom is 0.238 e. The first-order chi connectivity index (χ1) is 11.5. The molecule has 24 heavy (non-hydrogen) atoms. The molecular formula is C15H14N4O3S2. The van der Waals surface area contributed by atoms with Crippen LogP contribution in [0.5, 0.6) is 0 Å². The largest absolute Gasteiger partial charge is 0.369 e. The average molecular weight is 362 g/mol. The topological polar surface area (TPSA) is 114 Å². The lowest BCUT2D eigenvalue weighted by Gasteiger charge is -2.23. The van der Waals surface area contributed by atoms with Gasteiger partial charge in [-0.25, -0.2) is 4.98 Å². The van der Waals surface area contributed by atoms with Crippen LogP contribution in [0.25, 0.3) is 0 Å². The average Bonchev–Trinajstić information content (AvgIpc) is 2.94. The van der Waals surface area contributed by atoms with Crippen molar-refractivity contribution in [3.63, 3.8) is 0 Å². The minimum absolute atomic E-state index is 0.0318. The molecule has 1 aromatic carbocycles. The number of thiazole rings is 1. The van der Waals surface area contributed by atoms with E-state index >= 15 is 0 Å². The first kappa shape index (κ1) is 16.5. The van der Waals surface area contributed by atoms with Gasteiger partial charge in [0, 0.05) is 16.7 Å². The zero-order chi connectivity index (χ0) is 17.1. The third-order valence-corrected chi connectivity index (χ3v) is 5.31. The van der Waals surface area contributed by atoms with Crippen LogP contribution in [0.1, 0.15) is 12.1 Å². The fourth-order valence-electron chi connectivity index (χ4n) is 2.19. The van der Waals surface area contributed by atoms with Gasteiger partial charge in [-0.05, 0) is 12.1 Å². The van der Waals surface area contributed by atoms with Crippen LogP contribution in [0.4, 0.5) is 10.8 Å². The van der Waals surface area contributed by atoms with Crippen LogP contribution >= 0.6 is 23.1 Å². The van der Waals surface area contributed by atoms with Crippen molar-refractivity contribution in [1.82, 2.24) is 4.98 Å². The summed E-state index contributed by atoms with van der Waals surface area (Å²) >= 11 is 2.58. The molecule has 9 heteroatoms. The number of aromatic nitrogens is 1. The van der Waals surface area contributed by atoms with Crippen molar-refractivity contribution in [2.45, 2.75) is 23.0 Å². The van der Waals surface area contributed by atoms with Gasteiger partial charge in [-0.15, -0.1) is 23.1 Å². The molecule has 1 aliphatic rings. The molecule has 1 aliphatic heterocycles. The van der Waals surface area contributed by atoms with Gasteiger partial charge >= 0.3 is 0 Å². The quantitative estimate of drug-likeness (QED) is 0.748. The first-order valence-electron chi connectivity index (χ1n) is 7.10. The molecule has 0 aliphatic carbocycles. The van der Waals surface area contributed by atoms with Gasteiger partial charge in [-0.2, -0.15) is 0 Å². The zero-order valence-electron chi connectivity index (χ0n) is 12.4. The van der Waals surface area contributed by atoms with Gasteiger partial charge in [0.1, 0.15) is 0 Å². The van der Waals surface area contributed by atoms with Crippen molar-refractivity contribution in [1.29, 1.82) is 0 Å². The van der Waals surface area contributed by atoms with E-state index in [0.717, 1.165) is 10.6 Å². The Labute approximate surface area is 146 Å². The summed E-state index contributed by atoms with van der Waals surface area (Å²) in [5.41, 5.74) is 6.38. The number of nitrogens with one attached hydrogen (secondary N) is 2. The number of nitrogens with zero attached hydrogens (tertiary/aromatic N) is 1. The molecule has 4 N–H and O–H groups in total. The number of nitrogens with two attached hydrogens (primary N) is 1. The molecule has 0 fully saturated rings. The van der Waals surface area contributed by atoms with Crippen LogP contribution in [0.15, 0.2) is 34.5 Å². The second-order valence-electron chi connectivity index (χ2n) is 5.13. The van der Waals surface area contributed by atoms with Gasteiger partial charge in [-0.1, -0.05) is 12.1 Å². The van der Waals surface area contributed by atoms with Gasteiger partial charge in [-0.3, -0.25) is 14.4 Å². The summed E-state index contributed by atoms with van der Waals surface area (Å²) in [5, 5.41) is 7.01. The van der Waals surface area contributed by atoms with Crippen LogP contribution in [-0.4, -0.2) is 28.0 Å². The minimum atomic E-state index is -0.495. The molecule has 0 radical (unpaired) electrons. The Balaban J connectivity index is 1.60. The van der Waals surface area contributed by atoms with Gasteiger partial charge in [0.15, 0.2) is 5.13 Å². The lowest BCUT2D eigenvalue weighted by Crippen LogP contribution is -2.32. The number of hydrogen-bond acceptors (Lipinski definition) is 6. The second kappa shape index (κ2) is 7.02. The van der Waals surface area contributed by atoms with E-state index in [4.69, 9.17) is 5.73 Å². The van der Waals surface area contributed by atoms with Gasteiger partial charge in [0.05, 0.1) is 23.1 Å². The third kappa shape index (κ3) is 3.92. The molecule has 2 aromatic rings. The van der Waals surface area contributed by atoms with Gasteiger partial charge < -0.3 is 16.4 Å². The summed E-state index contributed by atoms with van der Waals surface area (Å²) < 4.78 is 0. The Morgan fingerprint density at radius 1 is 1.33 bits per heavy atom. The zero-order valence-corrected chi connectivity index (χ0v) is 14.1. The molecule has 0 unspecified atom stereocenters. The number of benzene rings is 1. The fraction of sp³-hybridized carbons (Fsp3) is 0.200. The first-order valence-corrected chi connectivity index (χ1v) is 8.86. The molecular weight excluding hydrogens is 348 g/mol. The Bertz CT molecular complexity index is 806. The van der Waals surface area contributed by atoms with E-state index in [-0.39, 0.29) is 24.7 Å². The summed E-state index contributed by atoms with van der Waals surface area (Å²) in [7, 11) is 0. The predicted octanol–water partition coefficient (Wildman–Crippen LogP) is 1.61. The van der Waals surface area contributed by atoms with E-state index in [1.54, 1.807) is 5.38 Å². The highest BCUT2D eigenvalue weighted by atomic mass is 32.2. The van der Waals surface area contributed by atoms with Crippen molar-refractivity contribution >= 4 is 51.6 Å². The molecule has 0 saturated heterocycles. The normalized spacial score (nSPS) is 16.2. The smallest absolute Gasteiger partial charge is 0.238 e. The monoisotopic (exact) mass is 362 g/mol. The van der Waals surface area contributed by atoms with E-state index < -0.39 is 11.2 Å². The van der Waals surface area contributed by atoms with E-state index in [0.29, 0.717) is 10.8 Å². The number of amides is 3. The van der Waals surface area contributed by atoms with Crippen molar-refractivity contribution in [3.8, 4) is 0 Å². The maximum atomic E-state index is 12.1. The summed E-state index contributed by atoms with van der Waals surface area (Å²) in [5.74, 6) is -0.975. The molecule has 0 saturated carbocycles. The number of primary amides is 1. The summed E-state index contributed by atoms with van der Waals surface area (Å²) in [6.45, 7) is 0. The fourth-order valence-corrected chi connectivity index (χ4v) is 4.03. The lowest BCUT2D eigenvalue weighted by atomic mass is 10.2. The minimum Gasteiger partial charge on any atom is -0.369 e. The highest BCUT2D eigenvalue weighted by Crippen LogP contribution is 2.36. The van der Waals surface area contributed by atoms with E-state index in [9.17, 15) is 14.4 Å². The highest BCUT2D eigenvalue weighted by molar-refractivity contribution is 8.01. The molecule has 3 rings (SSSR count). The van der Waals surface area contributed by atoms with Crippen molar-refractivity contribution in [2.75, 3.05) is 10.6 Å². The maximum absolute atomic E-state index is 12.1. The van der Waals surface area contributed by atoms with Crippen molar-refractivity contribution in [2.24, 2.45) is 5.73 Å². The van der Waals surface area contributed by atoms with E-state index in [2.05, 4.69) is 15.6 Å². The number of carbonyl (C=O) groups is 3. The summed E-state index contributed by atoms with van der Waals surface area (Å²) in [6.07, 6.45) is 0.0691. The molecule has 3 amide bonds. The Morgan fingerprint density at radius 3 is 2.92 bits per heavy atom. The molecule has 1 aromatic heterocycles. The molecule has 0 bridgehead atoms. The molecule has 124 valence electrons. The van der Waals surface area contributed by atoms with E-state index in [1.807, 2.05) is 24.3 Å². The van der Waals surface area contributed by atoms with Crippen LogP contribution in [0, 0.1) is 0 Å². The highest BCUT2D eigenvalue weighted by Gasteiger charge is 2.29.